The fraction of sp³-hybridized carbons (Fsp3) is 0.200. The highest BCUT2D eigenvalue weighted by Gasteiger charge is 2.13. The van der Waals surface area contributed by atoms with Gasteiger partial charge in [-0.05, 0) is 17.7 Å². The standard InChI is InChI=1S/C10H10N2O2S/c1-14-8-4-2-3-7(5-8)10(13)9-6-11-15-12-9/h2-6,10,13H,1H3. The highest BCUT2D eigenvalue weighted by atomic mass is 32.1. The maximum absolute atomic E-state index is 9.95. The van der Waals surface area contributed by atoms with Crippen LogP contribution in [0, 0.1) is 0 Å². The summed E-state index contributed by atoms with van der Waals surface area (Å²) in [6.45, 7) is 0. The first kappa shape index (κ1) is 10.1. The van der Waals surface area contributed by atoms with Gasteiger partial charge in [-0.2, -0.15) is 8.75 Å². The van der Waals surface area contributed by atoms with E-state index >= 15 is 0 Å². The zero-order valence-electron chi connectivity index (χ0n) is 8.12. The van der Waals surface area contributed by atoms with Crippen LogP contribution in [0.15, 0.2) is 30.5 Å². The van der Waals surface area contributed by atoms with E-state index in [1.54, 1.807) is 19.4 Å². The summed E-state index contributed by atoms with van der Waals surface area (Å²) >= 11 is 1.08. The summed E-state index contributed by atoms with van der Waals surface area (Å²) in [4.78, 5) is 0. The number of rotatable bonds is 3. The van der Waals surface area contributed by atoms with Gasteiger partial charge in [-0.15, -0.1) is 0 Å². The second kappa shape index (κ2) is 4.37. The fourth-order valence-electron chi connectivity index (χ4n) is 1.27. The molecule has 0 aliphatic heterocycles. The van der Waals surface area contributed by atoms with Gasteiger partial charge in [0.25, 0.3) is 0 Å². The quantitative estimate of drug-likeness (QED) is 0.857. The van der Waals surface area contributed by atoms with Crippen LogP contribution in [0.3, 0.4) is 0 Å². The topological polar surface area (TPSA) is 55.2 Å². The van der Waals surface area contributed by atoms with Crippen LogP contribution in [0.4, 0.5) is 0 Å². The molecule has 15 heavy (non-hydrogen) atoms. The smallest absolute Gasteiger partial charge is 0.124 e. The van der Waals surface area contributed by atoms with Gasteiger partial charge < -0.3 is 9.84 Å². The maximum Gasteiger partial charge on any atom is 0.124 e. The molecular weight excluding hydrogens is 212 g/mol. The molecule has 1 N–H and O–H groups in total. The van der Waals surface area contributed by atoms with E-state index in [2.05, 4.69) is 8.75 Å². The summed E-state index contributed by atoms with van der Waals surface area (Å²) < 4.78 is 12.9. The van der Waals surface area contributed by atoms with Crippen molar-refractivity contribution in [2.75, 3.05) is 7.11 Å². The van der Waals surface area contributed by atoms with Crippen molar-refractivity contribution in [3.8, 4) is 5.75 Å². The summed E-state index contributed by atoms with van der Waals surface area (Å²) in [7, 11) is 1.59. The Morgan fingerprint density at radius 2 is 2.33 bits per heavy atom. The van der Waals surface area contributed by atoms with Crippen LogP contribution in [0.5, 0.6) is 5.75 Å². The Kier molecular flexibility index (Phi) is 2.94. The van der Waals surface area contributed by atoms with Crippen LogP contribution in [-0.2, 0) is 0 Å². The molecule has 2 aromatic rings. The van der Waals surface area contributed by atoms with E-state index in [0.29, 0.717) is 5.69 Å². The summed E-state index contributed by atoms with van der Waals surface area (Å²) in [6.07, 6.45) is 0.827. The van der Waals surface area contributed by atoms with E-state index in [1.807, 2.05) is 18.2 Å². The second-order valence-corrected chi connectivity index (χ2v) is 3.57. The van der Waals surface area contributed by atoms with Crippen LogP contribution in [-0.4, -0.2) is 21.0 Å². The number of hydrogen-bond donors (Lipinski definition) is 1. The second-order valence-electron chi connectivity index (χ2n) is 3.01. The number of methoxy groups -OCH3 is 1. The molecule has 1 heterocycles. The first-order valence-electron chi connectivity index (χ1n) is 4.40. The molecule has 1 aromatic heterocycles. The molecule has 0 saturated heterocycles. The molecule has 78 valence electrons. The number of aliphatic hydroxyl groups is 1. The molecule has 5 heteroatoms. The predicted octanol–water partition coefficient (Wildman–Crippen LogP) is 1.63. The number of aromatic nitrogens is 2. The molecule has 0 saturated carbocycles. The highest BCUT2D eigenvalue weighted by molar-refractivity contribution is 6.99. The summed E-state index contributed by atoms with van der Waals surface area (Å²) in [5, 5.41) is 9.95. The average molecular weight is 222 g/mol. The Hall–Kier alpha value is -1.46. The van der Waals surface area contributed by atoms with E-state index in [4.69, 9.17) is 4.74 Å². The third-order valence-electron chi connectivity index (χ3n) is 2.07. The zero-order chi connectivity index (χ0) is 10.7. The zero-order valence-corrected chi connectivity index (χ0v) is 8.94. The fourth-order valence-corrected chi connectivity index (χ4v) is 1.72. The van der Waals surface area contributed by atoms with Gasteiger partial charge in [0.2, 0.25) is 0 Å². The van der Waals surface area contributed by atoms with Gasteiger partial charge in [0, 0.05) is 0 Å². The molecule has 4 nitrogen and oxygen atoms in total. The SMILES string of the molecule is COc1cccc(C(O)c2cnsn2)c1. The first-order valence-corrected chi connectivity index (χ1v) is 5.14. The number of nitrogens with zero attached hydrogens (tertiary/aromatic N) is 2. The van der Waals surface area contributed by atoms with E-state index < -0.39 is 6.10 Å². The lowest BCUT2D eigenvalue weighted by molar-refractivity contribution is 0.216. The number of aliphatic hydroxyl groups excluding tert-OH is 1. The molecular formula is C10H10N2O2S. The van der Waals surface area contributed by atoms with Gasteiger partial charge in [0.15, 0.2) is 0 Å². The number of benzene rings is 1. The molecule has 0 radical (unpaired) electrons. The highest BCUT2D eigenvalue weighted by Crippen LogP contribution is 2.23. The summed E-state index contributed by atoms with van der Waals surface area (Å²) in [6, 6.07) is 7.27. The van der Waals surface area contributed by atoms with Crippen LogP contribution in [0.2, 0.25) is 0 Å². The van der Waals surface area contributed by atoms with Gasteiger partial charge in [-0.3, -0.25) is 0 Å². The lowest BCUT2D eigenvalue weighted by atomic mass is 10.1. The van der Waals surface area contributed by atoms with Gasteiger partial charge in [-0.1, -0.05) is 12.1 Å². The molecule has 2 rings (SSSR count). The lowest BCUT2D eigenvalue weighted by Gasteiger charge is -2.08. The van der Waals surface area contributed by atoms with E-state index in [1.165, 1.54) is 0 Å². The van der Waals surface area contributed by atoms with Crippen molar-refractivity contribution in [1.29, 1.82) is 0 Å². The number of ether oxygens (including phenoxy) is 1. The van der Waals surface area contributed by atoms with E-state index in [-0.39, 0.29) is 0 Å². The van der Waals surface area contributed by atoms with Crippen molar-refractivity contribution in [3.05, 3.63) is 41.7 Å². The third kappa shape index (κ3) is 2.14. The lowest BCUT2D eigenvalue weighted by Crippen LogP contribution is -1.99. The van der Waals surface area contributed by atoms with Gasteiger partial charge in [0.1, 0.15) is 17.5 Å². The van der Waals surface area contributed by atoms with E-state index in [9.17, 15) is 5.11 Å². The van der Waals surface area contributed by atoms with Crippen molar-refractivity contribution in [2.24, 2.45) is 0 Å². The van der Waals surface area contributed by atoms with Gasteiger partial charge in [0.05, 0.1) is 25.0 Å². The van der Waals surface area contributed by atoms with Crippen LogP contribution in [0.25, 0.3) is 0 Å². The van der Waals surface area contributed by atoms with Crippen LogP contribution >= 0.6 is 11.7 Å². The van der Waals surface area contributed by atoms with E-state index in [0.717, 1.165) is 23.0 Å². The van der Waals surface area contributed by atoms with Crippen molar-refractivity contribution in [3.63, 3.8) is 0 Å². The molecule has 1 aromatic carbocycles. The molecule has 0 aliphatic carbocycles. The Balaban J connectivity index is 2.29. The maximum atomic E-state index is 9.95. The minimum Gasteiger partial charge on any atom is -0.497 e. The number of hydrogen-bond acceptors (Lipinski definition) is 5. The Morgan fingerprint density at radius 1 is 1.47 bits per heavy atom. The van der Waals surface area contributed by atoms with Crippen molar-refractivity contribution < 1.29 is 9.84 Å². The van der Waals surface area contributed by atoms with Crippen LogP contribution in [0.1, 0.15) is 17.4 Å². The average Bonchev–Trinajstić information content (AvgIpc) is 2.81. The molecule has 0 spiro atoms. The largest absolute Gasteiger partial charge is 0.497 e. The molecule has 0 fully saturated rings. The molecule has 1 unspecified atom stereocenters. The third-order valence-corrected chi connectivity index (χ3v) is 2.56. The molecule has 0 bridgehead atoms. The Morgan fingerprint density at radius 3 is 3.00 bits per heavy atom. The summed E-state index contributed by atoms with van der Waals surface area (Å²) in [5.41, 5.74) is 1.32. The molecule has 1 atom stereocenters. The van der Waals surface area contributed by atoms with Crippen molar-refractivity contribution >= 4 is 11.7 Å². The van der Waals surface area contributed by atoms with Crippen molar-refractivity contribution in [1.82, 2.24) is 8.75 Å². The minimum absolute atomic E-state index is 0.563. The van der Waals surface area contributed by atoms with Crippen molar-refractivity contribution in [2.45, 2.75) is 6.10 Å². The Labute approximate surface area is 91.5 Å². The normalized spacial score (nSPS) is 12.4. The minimum atomic E-state index is -0.737. The Bertz CT molecular complexity index is 431. The van der Waals surface area contributed by atoms with Gasteiger partial charge >= 0.3 is 0 Å². The first-order chi connectivity index (χ1) is 7.31. The predicted molar refractivity (Wildman–Crippen MR) is 57.0 cm³/mol. The van der Waals surface area contributed by atoms with Gasteiger partial charge in [-0.25, -0.2) is 0 Å². The molecule has 0 amide bonds. The van der Waals surface area contributed by atoms with Crippen LogP contribution < -0.4 is 4.74 Å². The monoisotopic (exact) mass is 222 g/mol. The molecule has 0 aliphatic rings. The summed E-state index contributed by atoms with van der Waals surface area (Å²) in [5.74, 6) is 0.717.